The van der Waals surface area contributed by atoms with Crippen molar-refractivity contribution in [1.82, 2.24) is 0 Å². The zero-order valence-electron chi connectivity index (χ0n) is 19.0. The number of hydrogen-bond donors (Lipinski definition) is 0. The van der Waals surface area contributed by atoms with Gasteiger partial charge in [0.15, 0.2) is 0 Å². The molecule has 0 saturated heterocycles. The molecule has 1 aliphatic rings. The molecule has 0 bridgehead atoms. The Morgan fingerprint density at radius 2 is 0.943 bits per heavy atom. The van der Waals surface area contributed by atoms with Crippen molar-refractivity contribution in [1.29, 1.82) is 0 Å². The summed E-state index contributed by atoms with van der Waals surface area (Å²) in [4.78, 5) is 2.81. The number of fused-ring (bicyclic) bond motifs is 2. The maximum atomic E-state index is 13.1. The van der Waals surface area contributed by atoms with Gasteiger partial charge >= 0.3 is 0 Å². The topological polar surface area (TPSA) is 37.4 Å². The summed E-state index contributed by atoms with van der Waals surface area (Å²) in [6.45, 7) is 0.123. The van der Waals surface area contributed by atoms with Crippen molar-refractivity contribution >= 4 is 50.0 Å². The molecule has 6 rings (SSSR count). The molecule has 0 atom stereocenters. The van der Waals surface area contributed by atoms with Crippen molar-refractivity contribution in [2.75, 3.05) is 4.90 Å². The van der Waals surface area contributed by atoms with Gasteiger partial charge in [0.25, 0.3) is 0 Å². The predicted octanol–water partition coefficient (Wildman–Crippen LogP) is 4.82. The normalized spacial score (nSPS) is 12.7. The van der Waals surface area contributed by atoms with Crippen LogP contribution in [-0.2, 0) is 9.84 Å². The first-order valence-corrected chi connectivity index (χ1v) is 13.1. The van der Waals surface area contributed by atoms with E-state index in [1.807, 2.05) is 24.3 Å². The van der Waals surface area contributed by atoms with Crippen LogP contribution < -0.4 is 21.3 Å². The summed E-state index contributed by atoms with van der Waals surface area (Å²) < 4.78 is 26.2. The second-order valence-electron chi connectivity index (χ2n) is 8.61. The molecule has 0 unspecified atom stereocenters. The first kappa shape index (κ1) is 21.4. The Labute approximate surface area is 206 Å². The van der Waals surface area contributed by atoms with E-state index in [-0.39, 0.29) is 11.6 Å². The molecule has 0 amide bonds. The molecule has 3 nitrogen and oxygen atoms in total. The van der Waals surface area contributed by atoms with Crippen molar-refractivity contribution in [3.63, 3.8) is 0 Å². The molecule has 168 valence electrons. The molecule has 0 radical (unpaired) electrons. The number of benzene rings is 5. The van der Waals surface area contributed by atoms with Gasteiger partial charge in [-0.1, -0.05) is 90.4 Å². The predicted molar refractivity (Wildman–Crippen MR) is 144 cm³/mol. The fourth-order valence-corrected chi connectivity index (χ4v) is 6.24. The first-order chi connectivity index (χ1) is 17.1. The van der Waals surface area contributed by atoms with Crippen LogP contribution in [0.1, 0.15) is 0 Å². The third-order valence-corrected chi connectivity index (χ3v) is 8.35. The Balaban J connectivity index is 1.48. The second-order valence-corrected chi connectivity index (χ2v) is 10.6. The van der Waals surface area contributed by atoms with Gasteiger partial charge in [-0.05, 0) is 59.5 Å². The average Bonchev–Trinajstić information content (AvgIpc) is 2.92. The van der Waals surface area contributed by atoms with Gasteiger partial charge in [0, 0.05) is 17.1 Å². The van der Waals surface area contributed by atoms with Crippen LogP contribution in [-0.4, -0.2) is 15.1 Å². The van der Waals surface area contributed by atoms with Crippen LogP contribution in [0.25, 0.3) is 0 Å². The molecule has 0 aliphatic carbocycles. The lowest BCUT2D eigenvalue weighted by Gasteiger charge is -2.37. The van der Waals surface area contributed by atoms with Gasteiger partial charge < -0.3 is 4.90 Å². The van der Waals surface area contributed by atoms with Gasteiger partial charge in [-0.2, -0.15) is 0 Å². The highest BCUT2D eigenvalue weighted by Gasteiger charge is 2.34. The molecule has 0 N–H and O–H groups in total. The second kappa shape index (κ2) is 8.60. The van der Waals surface area contributed by atoms with E-state index in [2.05, 4.69) is 77.7 Å². The van der Waals surface area contributed by atoms with Crippen molar-refractivity contribution in [2.24, 2.45) is 0 Å². The van der Waals surface area contributed by atoms with Gasteiger partial charge in [0.05, 0.1) is 9.79 Å². The highest BCUT2D eigenvalue weighted by molar-refractivity contribution is 7.91. The van der Waals surface area contributed by atoms with Crippen molar-refractivity contribution < 1.29 is 8.42 Å². The average molecular weight is 471 g/mol. The van der Waals surface area contributed by atoms with E-state index in [0.29, 0.717) is 4.90 Å². The third-order valence-electron chi connectivity index (χ3n) is 6.57. The summed E-state index contributed by atoms with van der Waals surface area (Å²) in [6.07, 6.45) is 0. The van der Waals surface area contributed by atoms with Gasteiger partial charge in [-0.15, -0.1) is 0 Å². The monoisotopic (exact) mass is 471 g/mol. The molecule has 5 heteroatoms. The maximum absolute atomic E-state index is 13.1. The molecule has 0 spiro atoms. The van der Waals surface area contributed by atoms with Crippen molar-refractivity contribution in [3.8, 4) is 0 Å². The van der Waals surface area contributed by atoms with Crippen LogP contribution in [0.2, 0.25) is 0 Å². The molecule has 1 heterocycles. The molecule has 0 saturated carbocycles. The summed E-state index contributed by atoms with van der Waals surface area (Å²) in [5.74, 6) is 0. The number of nitrogens with zero attached hydrogens (tertiary/aromatic N) is 1. The number of anilines is 3. The Bertz CT molecular complexity index is 1550. The van der Waals surface area contributed by atoms with E-state index in [4.69, 9.17) is 0 Å². The van der Waals surface area contributed by atoms with Gasteiger partial charge in [-0.25, -0.2) is 8.42 Å². The zero-order chi connectivity index (χ0) is 23.8. The third kappa shape index (κ3) is 3.65. The minimum Gasteiger partial charge on any atom is -0.312 e. The van der Waals surface area contributed by atoms with E-state index in [9.17, 15) is 8.42 Å². The van der Waals surface area contributed by atoms with Crippen molar-refractivity contribution in [2.45, 2.75) is 9.79 Å². The highest BCUT2D eigenvalue weighted by atomic mass is 32.2. The quantitative estimate of drug-likeness (QED) is 0.346. The van der Waals surface area contributed by atoms with Crippen LogP contribution in [0.15, 0.2) is 143 Å². The minimum atomic E-state index is -3.57. The van der Waals surface area contributed by atoms with Gasteiger partial charge in [-0.3, -0.25) is 0 Å². The fourth-order valence-electron chi connectivity index (χ4n) is 4.96. The highest BCUT2D eigenvalue weighted by Crippen LogP contribution is 2.36. The Hall–Kier alpha value is -4.09. The molecular weight excluding hydrogens is 449 g/mol. The van der Waals surface area contributed by atoms with E-state index < -0.39 is 9.84 Å². The van der Waals surface area contributed by atoms with Crippen LogP contribution >= 0.6 is 0 Å². The van der Waals surface area contributed by atoms with E-state index in [0.717, 1.165) is 17.1 Å². The summed E-state index contributed by atoms with van der Waals surface area (Å²) in [6, 6.07) is 43.2. The Morgan fingerprint density at radius 1 is 0.486 bits per heavy atom. The SMILES string of the molecule is O=S(=O)(c1ccccc1)c1ccc(N2c3ccccc3B(c3ccccc3)c3ccccc32)cc1. The fraction of sp³-hybridized carbons (Fsp3) is 0. The lowest BCUT2D eigenvalue weighted by molar-refractivity contribution is 0.596. The lowest BCUT2D eigenvalue weighted by atomic mass is 9.35. The Kier molecular flexibility index (Phi) is 5.27. The number of para-hydroxylation sites is 2. The molecule has 1 aliphatic heterocycles. The smallest absolute Gasteiger partial charge is 0.246 e. The summed E-state index contributed by atoms with van der Waals surface area (Å²) in [5.41, 5.74) is 6.80. The summed E-state index contributed by atoms with van der Waals surface area (Å²) in [7, 11) is -3.57. The molecule has 0 fully saturated rings. The minimum absolute atomic E-state index is 0.123. The maximum Gasteiger partial charge on any atom is 0.246 e. The number of sulfone groups is 1. The largest absolute Gasteiger partial charge is 0.312 e. The molecule has 0 aromatic heterocycles. The van der Waals surface area contributed by atoms with Crippen LogP contribution in [0.4, 0.5) is 17.1 Å². The van der Waals surface area contributed by atoms with Gasteiger partial charge in [0.2, 0.25) is 16.6 Å². The molecule has 35 heavy (non-hydrogen) atoms. The van der Waals surface area contributed by atoms with Crippen molar-refractivity contribution in [3.05, 3.63) is 133 Å². The first-order valence-electron chi connectivity index (χ1n) is 11.6. The lowest BCUT2D eigenvalue weighted by Crippen LogP contribution is -2.57. The van der Waals surface area contributed by atoms with E-state index >= 15 is 0 Å². The van der Waals surface area contributed by atoms with E-state index in [1.54, 1.807) is 36.4 Å². The zero-order valence-corrected chi connectivity index (χ0v) is 19.8. The van der Waals surface area contributed by atoms with Crippen LogP contribution in [0, 0.1) is 0 Å². The number of rotatable bonds is 4. The standard InChI is InChI=1S/C30H22BNO2S/c33-35(34,25-13-5-2-6-14-25)26-21-19-24(20-22-26)32-29-17-9-7-15-27(29)31(23-11-3-1-4-12-23)28-16-8-10-18-30(28)32/h1-22H. The molecular formula is C30H22BNO2S. The molecule has 5 aromatic carbocycles. The summed E-state index contributed by atoms with van der Waals surface area (Å²) >= 11 is 0. The van der Waals surface area contributed by atoms with Crippen LogP contribution in [0.5, 0.6) is 0 Å². The molecule has 5 aromatic rings. The Morgan fingerprint density at radius 3 is 1.51 bits per heavy atom. The van der Waals surface area contributed by atoms with Crippen LogP contribution in [0.3, 0.4) is 0 Å². The van der Waals surface area contributed by atoms with E-state index in [1.165, 1.54) is 16.4 Å². The van der Waals surface area contributed by atoms with Gasteiger partial charge in [0.1, 0.15) is 0 Å². The number of hydrogen-bond acceptors (Lipinski definition) is 3. The summed E-state index contributed by atoms with van der Waals surface area (Å²) in [5, 5.41) is 0.